The predicted octanol–water partition coefficient (Wildman–Crippen LogP) is 9.94. The fourth-order valence-corrected chi connectivity index (χ4v) is 5.59. The quantitative estimate of drug-likeness (QED) is 0.208. The van der Waals surface area contributed by atoms with Crippen molar-refractivity contribution in [2.24, 2.45) is 5.92 Å². The highest BCUT2D eigenvalue weighted by molar-refractivity contribution is 6.30. The predicted molar refractivity (Wildman–Crippen MR) is 136 cm³/mol. The Labute approximate surface area is 206 Å². The summed E-state index contributed by atoms with van der Waals surface area (Å²) in [6.45, 7) is 2.26. The molecule has 1 saturated carbocycles. The maximum atomic E-state index is 15.2. The number of aryl methyl sites for hydroxylation is 2. The first-order chi connectivity index (χ1) is 16.5. The highest BCUT2D eigenvalue weighted by Crippen LogP contribution is 2.39. The third-order valence-corrected chi connectivity index (χ3v) is 7.93. The number of hydrogen-bond acceptors (Lipinski definition) is 0. The molecule has 0 atom stereocenters. The standard InChI is InChI=1S/C30H34ClF3/c1-2-3-4-5-6-20-7-10-22(11-8-20)24-15-16-26-25(19-24)14-13-23(30(26)34)12-9-21-17-27(32)29(31)28(33)18-21/h13-20,22H,2-12H2,1H3. The Balaban J connectivity index is 1.39. The van der Waals surface area contributed by atoms with Crippen molar-refractivity contribution in [1.82, 2.24) is 0 Å². The minimum atomic E-state index is -0.784. The SMILES string of the molecule is CCCCCCC1CCC(c2ccc3c(F)c(CCc4cc(F)c(Cl)c(F)c4)ccc3c2)CC1. The Morgan fingerprint density at radius 1 is 0.824 bits per heavy atom. The maximum Gasteiger partial charge on any atom is 0.145 e. The van der Waals surface area contributed by atoms with Gasteiger partial charge >= 0.3 is 0 Å². The van der Waals surface area contributed by atoms with E-state index in [9.17, 15) is 8.78 Å². The van der Waals surface area contributed by atoms with Gasteiger partial charge in [0.05, 0.1) is 0 Å². The van der Waals surface area contributed by atoms with Crippen molar-refractivity contribution in [2.75, 3.05) is 0 Å². The molecule has 0 spiro atoms. The minimum Gasteiger partial charge on any atom is -0.206 e. The Morgan fingerprint density at radius 2 is 1.56 bits per heavy atom. The van der Waals surface area contributed by atoms with E-state index in [2.05, 4.69) is 19.1 Å². The molecule has 4 heteroatoms. The Kier molecular flexibility index (Phi) is 8.58. The van der Waals surface area contributed by atoms with Crippen LogP contribution in [0.1, 0.15) is 87.3 Å². The van der Waals surface area contributed by atoms with Gasteiger partial charge in [0, 0.05) is 5.39 Å². The third-order valence-electron chi connectivity index (χ3n) is 7.57. The fraction of sp³-hybridized carbons (Fsp3) is 0.467. The monoisotopic (exact) mass is 486 g/mol. The molecule has 4 rings (SSSR count). The molecule has 0 aliphatic heterocycles. The van der Waals surface area contributed by atoms with Crippen molar-refractivity contribution in [3.05, 3.63) is 81.6 Å². The van der Waals surface area contributed by atoms with E-state index in [1.807, 2.05) is 12.1 Å². The Hall–Kier alpha value is -2.00. The zero-order valence-corrected chi connectivity index (χ0v) is 20.7. The molecule has 0 radical (unpaired) electrons. The summed E-state index contributed by atoms with van der Waals surface area (Å²) in [6, 6.07) is 12.4. The van der Waals surface area contributed by atoms with E-state index in [1.165, 1.54) is 75.5 Å². The molecule has 0 N–H and O–H groups in total. The van der Waals surface area contributed by atoms with Crippen LogP contribution in [0.25, 0.3) is 10.8 Å². The molecule has 1 fully saturated rings. The second-order valence-electron chi connectivity index (χ2n) is 9.96. The summed E-state index contributed by atoms with van der Waals surface area (Å²) >= 11 is 5.55. The van der Waals surface area contributed by atoms with Crippen LogP contribution < -0.4 is 0 Å². The summed E-state index contributed by atoms with van der Waals surface area (Å²) in [5.41, 5.74) is 2.34. The van der Waals surface area contributed by atoms with E-state index in [1.54, 1.807) is 6.07 Å². The maximum absolute atomic E-state index is 15.2. The lowest BCUT2D eigenvalue weighted by Gasteiger charge is -2.29. The summed E-state index contributed by atoms with van der Waals surface area (Å²) in [5.74, 6) is -0.373. The van der Waals surface area contributed by atoms with E-state index in [0.29, 0.717) is 35.3 Å². The summed E-state index contributed by atoms with van der Waals surface area (Å²) in [5, 5.41) is 1.03. The van der Waals surface area contributed by atoms with Crippen LogP contribution in [0.15, 0.2) is 42.5 Å². The number of rotatable bonds is 9. The van der Waals surface area contributed by atoms with Crippen molar-refractivity contribution < 1.29 is 13.2 Å². The minimum absolute atomic E-state index is 0.241. The van der Waals surface area contributed by atoms with Gasteiger partial charge in [0.15, 0.2) is 0 Å². The summed E-state index contributed by atoms with van der Waals surface area (Å²) in [6.07, 6.45) is 12.5. The molecule has 1 aliphatic rings. The average Bonchev–Trinajstić information content (AvgIpc) is 2.85. The Bertz CT molecular complexity index is 1090. The van der Waals surface area contributed by atoms with Gasteiger partial charge in [0.2, 0.25) is 0 Å². The van der Waals surface area contributed by atoms with E-state index in [4.69, 9.17) is 11.6 Å². The molecule has 0 saturated heterocycles. The van der Waals surface area contributed by atoms with Crippen LogP contribution >= 0.6 is 11.6 Å². The summed E-state index contributed by atoms with van der Waals surface area (Å²) in [4.78, 5) is 0. The fourth-order valence-electron chi connectivity index (χ4n) is 5.48. The molecule has 3 aromatic rings. The smallest absolute Gasteiger partial charge is 0.145 e. The normalized spacial score (nSPS) is 18.5. The summed E-state index contributed by atoms with van der Waals surface area (Å²) in [7, 11) is 0. The number of hydrogen-bond donors (Lipinski definition) is 0. The van der Waals surface area contributed by atoms with Gasteiger partial charge in [0.1, 0.15) is 22.5 Å². The van der Waals surface area contributed by atoms with Crippen molar-refractivity contribution in [3.63, 3.8) is 0 Å². The molecule has 182 valence electrons. The van der Waals surface area contributed by atoms with Crippen molar-refractivity contribution in [1.29, 1.82) is 0 Å². The van der Waals surface area contributed by atoms with Crippen LogP contribution in [0.2, 0.25) is 5.02 Å². The van der Waals surface area contributed by atoms with Gasteiger partial charge in [-0.05, 0) is 84.6 Å². The van der Waals surface area contributed by atoms with E-state index >= 15 is 4.39 Å². The van der Waals surface area contributed by atoms with Crippen molar-refractivity contribution in [2.45, 2.75) is 83.5 Å². The van der Waals surface area contributed by atoms with Gasteiger partial charge in [-0.1, -0.05) is 81.0 Å². The van der Waals surface area contributed by atoms with E-state index in [0.717, 1.165) is 11.3 Å². The van der Waals surface area contributed by atoms with Gasteiger partial charge in [0.25, 0.3) is 0 Å². The van der Waals surface area contributed by atoms with Crippen LogP contribution in [-0.2, 0) is 12.8 Å². The van der Waals surface area contributed by atoms with Gasteiger partial charge in [-0.3, -0.25) is 0 Å². The molecular formula is C30H34ClF3. The second-order valence-corrected chi connectivity index (χ2v) is 10.3. The van der Waals surface area contributed by atoms with E-state index < -0.39 is 16.7 Å². The van der Waals surface area contributed by atoms with Crippen molar-refractivity contribution in [3.8, 4) is 0 Å². The third kappa shape index (κ3) is 5.97. The summed E-state index contributed by atoms with van der Waals surface area (Å²) < 4.78 is 42.6. The molecule has 1 aliphatic carbocycles. The van der Waals surface area contributed by atoms with Gasteiger partial charge in [-0.2, -0.15) is 0 Å². The lowest BCUT2D eigenvalue weighted by atomic mass is 9.76. The lowest BCUT2D eigenvalue weighted by molar-refractivity contribution is 0.302. The van der Waals surface area contributed by atoms with Crippen LogP contribution in [0, 0.1) is 23.4 Å². The Morgan fingerprint density at radius 3 is 2.26 bits per heavy atom. The number of fused-ring (bicyclic) bond motifs is 1. The largest absolute Gasteiger partial charge is 0.206 e. The first-order valence-electron chi connectivity index (χ1n) is 12.8. The molecular weight excluding hydrogens is 453 g/mol. The first kappa shape index (κ1) is 25.1. The molecule has 0 heterocycles. The number of unbranched alkanes of at least 4 members (excludes halogenated alkanes) is 3. The highest BCUT2D eigenvalue weighted by atomic mass is 35.5. The lowest BCUT2D eigenvalue weighted by Crippen LogP contribution is -2.13. The first-order valence-corrected chi connectivity index (χ1v) is 13.2. The molecule has 3 aromatic carbocycles. The van der Waals surface area contributed by atoms with Crippen LogP contribution in [-0.4, -0.2) is 0 Å². The second kappa shape index (κ2) is 11.6. The van der Waals surface area contributed by atoms with Gasteiger partial charge in [-0.25, -0.2) is 13.2 Å². The average molecular weight is 487 g/mol. The van der Waals surface area contributed by atoms with E-state index in [-0.39, 0.29) is 5.82 Å². The zero-order chi connectivity index (χ0) is 24.1. The van der Waals surface area contributed by atoms with Crippen molar-refractivity contribution >= 4 is 22.4 Å². The zero-order valence-electron chi connectivity index (χ0n) is 20.0. The highest BCUT2D eigenvalue weighted by Gasteiger charge is 2.22. The van der Waals surface area contributed by atoms with Crippen LogP contribution in [0.5, 0.6) is 0 Å². The van der Waals surface area contributed by atoms with Crippen LogP contribution in [0.3, 0.4) is 0 Å². The molecule has 34 heavy (non-hydrogen) atoms. The molecule has 0 aromatic heterocycles. The van der Waals surface area contributed by atoms with Gasteiger partial charge < -0.3 is 0 Å². The molecule has 0 unspecified atom stereocenters. The topological polar surface area (TPSA) is 0 Å². The number of benzene rings is 3. The molecule has 0 bridgehead atoms. The number of halogens is 4. The van der Waals surface area contributed by atoms with Gasteiger partial charge in [-0.15, -0.1) is 0 Å². The molecule has 0 nitrogen and oxygen atoms in total. The van der Waals surface area contributed by atoms with Crippen LogP contribution in [0.4, 0.5) is 13.2 Å². The molecule has 0 amide bonds.